The number of amides is 2. The monoisotopic (exact) mass is 375 g/mol. The van der Waals surface area contributed by atoms with Gasteiger partial charge in [0.25, 0.3) is 5.91 Å². The number of aryl methyl sites for hydroxylation is 1. The molecular weight excluding hydrogens is 346 g/mol. The Morgan fingerprint density at radius 3 is 2.58 bits per heavy atom. The Kier molecular flexibility index (Phi) is 4.82. The van der Waals surface area contributed by atoms with Crippen LogP contribution >= 0.6 is 11.3 Å². The maximum absolute atomic E-state index is 12.7. The molecule has 4 heterocycles. The summed E-state index contributed by atoms with van der Waals surface area (Å²) in [6.07, 6.45) is 4.81. The van der Waals surface area contributed by atoms with Crippen LogP contribution < -0.4 is 0 Å². The van der Waals surface area contributed by atoms with Crippen molar-refractivity contribution in [2.45, 2.75) is 45.1 Å². The highest BCUT2D eigenvalue weighted by Crippen LogP contribution is 2.41. The highest BCUT2D eigenvalue weighted by molar-refractivity contribution is 7.13. The number of nitrogens with zero attached hydrogens (tertiary/aromatic N) is 3. The van der Waals surface area contributed by atoms with E-state index in [1.165, 1.54) is 4.88 Å². The van der Waals surface area contributed by atoms with Crippen molar-refractivity contribution in [1.82, 2.24) is 14.7 Å². The minimum Gasteiger partial charge on any atom is -0.338 e. The summed E-state index contributed by atoms with van der Waals surface area (Å²) in [5.41, 5.74) is 0.219. The number of likely N-dealkylation sites (N-methyl/N-ethyl adjacent to an activating group) is 1. The van der Waals surface area contributed by atoms with E-state index in [9.17, 15) is 9.59 Å². The minimum absolute atomic E-state index is 0.180. The van der Waals surface area contributed by atoms with Crippen LogP contribution in [0.15, 0.2) is 12.1 Å². The van der Waals surface area contributed by atoms with Crippen LogP contribution in [0.25, 0.3) is 0 Å². The number of likely N-dealkylation sites (tertiary alicyclic amines) is 3. The zero-order chi connectivity index (χ0) is 18.3. The number of rotatable bonds is 2. The molecule has 3 aliphatic heterocycles. The van der Waals surface area contributed by atoms with E-state index < -0.39 is 0 Å². The molecule has 3 fully saturated rings. The van der Waals surface area contributed by atoms with Gasteiger partial charge in [0.15, 0.2) is 0 Å². The lowest BCUT2D eigenvalue weighted by Crippen LogP contribution is -2.55. The Morgan fingerprint density at radius 2 is 1.96 bits per heavy atom. The second-order valence-electron chi connectivity index (χ2n) is 8.43. The molecule has 142 valence electrons. The van der Waals surface area contributed by atoms with E-state index in [4.69, 9.17) is 0 Å². The van der Waals surface area contributed by atoms with Gasteiger partial charge in [0.2, 0.25) is 5.91 Å². The topological polar surface area (TPSA) is 43.9 Å². The van der Waals surface area contributed by atoms with Crippen molar-refractivity contribution in [3.05, 3.63) is 21.9 Å². The maximum Gasteiger partial charge on any atom is 0.263 e. The smallest absolute Gasteiger partial charge is 0.263 e. The molecule has 0 radical (unpaired) electrons. The quantitative estimate of drug-likeness (QED) is 0.798. The predicted molar refractivity (Wildman–Crippen MR) is 103 cm³/mol. The van der Waals surface area contributed by atoms with Crippen molar-refractivity contribution >= 4 is 23.2 Å². The average Bonchev–Trinajstić information content (AvgIpc) is 3.26. The van der Waals surface area contributed by atoms with Gasteiger partial charge in [-0.05, 0) is 63.7 Å². The lowest BCUT2D eigenvalue weighted by Gasteiger charge is -2.48. The molecule has 6 heteroatoms. The molecule has 2 amide bonds. The summed E-state index contributed by atoms with van der Waals surface area (Å²) in [7, 11) is 2.14. The number of piperidine rings is 2. The first-order valence-electron chi connectivity index (χ1n) is 9.80. The third-order valence-corrected chi connectivity index (χ3v) is 7.55. The van der Waals surface area contributed by atoms with Gasteiger partial charge in [-0.25, -0.2) is 0 Å². The molecule has 3 saturated heterocycles. The Morgan fingerprint density at radius 1 is 1.19 bits per heavy atom. The molecule has 0 bridgehead atoms. The Balaban J connectivity index is 1.39. The summed E-state index contributed by atoms with van der Waals surface area (Å²) in [5, 5.41) is 0. The van der Waals surface area contributed by atoms with E-state index in [-0.39, 0.29) is 11.3 Å². The van der Waals surface area contributed by atoms with Crippen LogP contribution in [-0.2, 0) is 4.79 Å². The van der Waals surface area contributed by atoms with Crippen molar-refractivity contribution < 1.29 is 9.59 Å². The van der Waals surface area contributed by atoms with Crippen molar-refractivity contribution in [3.8, 4) is 0 Å². The van der Waals surface area contributed by atoms with Gasteiger partial charge >= 0.3 is 0 Å². The van der Waals surface area contributed by atoms with Gasteiger partial charge in [-0.1, -0.05) is 0 Å². The van der Waals surface area contributed by atoms with E-state index >= 15 is 0 Å². The van der Waals surface area contributed by atoms with Gasteiger partial charge in [-0.2, -0.15) is 0 Å². The van der Waals surface area contributed by atoms with Gasteiger partial charge < -0.3 is 14.7 Å². The molecule has 1 aromatic rings. The number of thiophene rings is 1. The average molecular weight is 376 g/mol. The number of carbonyl (C=O) groups is 2. The molecule has 1 atom stereocenters. The molecule has 1 spiro atoms. The van der Waals surface area contributed by atoms with Gasteiger partial charge in [-0.15, -0.1) is 11.3 Å². The Labute approximate surface area is 159 Å². The minimum atomic E-state index is 0.180. The summed E-state index contributed by atoms with van der Waals surface area (Å²) >= 11 is 1.59. The molecule has 1 aromatic heterocycles. The van der Waals surface area contributed by atoms with Crippen molar-refractivity contribution in [2.75, 3.05) is 39.8 Å². The molecule has 0 aromatic carbocycles. The molecule has 3 aliphatic rings. The molecule has 5 nitrogen and oxygen atoms in total. The number of hydrogen-bond donors (Lipinski definition) is 0. The van der Waals surface area contributed by atoms with Gasteiger partial charge in [0, 0.05) is 43.5 Å². The Hall–Kier alpha value is -1.40. The second-order valence-corrected chi connectivity index (χ2v) is 9.72. The SMILES string of the molecule is Cc1ccc(C(=O)N2CCC3(CCC(=O)N(C4CCN(C)C4)C3)CC2)s1. The summed E-state index contributed by atoms with van der Waals surface area (Å²) in [6, 6.07) is 4.36. The highest BCUT2D eigenvalue weighted by Gasteiger charge is 2.44. The summed E-state index contributed by atoms with van der Waals surface area (Å²) in [5.74, 6) is 0.516. The first kappa shape index (κ1) is 18.0. The van der Waals surface area contributed by atoms with Crippen LogP contribution in [0.1, 0.15) is 46.7 Å². The van der Waals surface area contributed by atoms with Crippen LogP contribution in [0.3, 0.4) is 0 Å². The van der Waals surface area contributed by atoms with Crippen molar-refractivity contribution in [1.29, 1.82) is 0 Å². The number of carbonyl (C=O) groups excluding carboxylic acids is 2. The van der Waals surface area contributed by atoms with Crippen molar-refractivity contribution in [3.63, 3.8) is 0 Å². The van der Waals surface area contributed by atoms with Gasteiger partial charge in [0.1, 0.15) is 0 Å². The predicted octanol–water partition coefficient (Wildman–Crippen LogP) is 2.61. The standard InChI is InChI=1S/C20H29N3O2S/c1-15-3-4-17(26-15)19(25)22-11-8-20(9-12-22)7-5-18(24)23(14-20)16-6-10-21(2)13-16/h3-4,16H,5-14H2,1-2H3. The molecule has 26 heavy (non-hydrogen) atoms. The van der Waals surface area contributed by atoms with E-state index in [1.54, 1.807) is 11.3 Å². The fraction of sp³-hybridized carbons (Fsp3) is 0.700. The van der Waals surface area contributed by atoms with Crippen LogP contribution in [-0.4, -0.2) is 72.3 Å². The fourth-order valence-electron chi connectivity index (χ4n) is 4.84. The molecule has 4 rings (SSSR count). The van der Waals surface area contributed by atoms with Crippen LogP contribution in [0.4, 0.5) is 0 Å². The van der Waals surface area contributed by atoms with Crippen molar-refractivity contribution in [2.24, 2.45) is 5.41 Å². The van der Waals surface area contributed by atoms with E-state index in [1.807, 2.05) is 24.0 Å². The summed E-state index contributed by atoms with van der Waals surface area (Å²) in [4.78, 5) is 33.8. The van der Waals surface area contributed by atoms with Gasteiger partial charge in [-0.3, -0.25) is 9.59 Å². The molecular formula is C20H29N3O2S. The molecule has 1 unspecified atom stereocenters. The van der Waals surface area contributed by atoms with Crippen LogP contribution in [0, 0.1) is 12.3 Å². The van der Waals surface area contributed by atoms with E-state index in [0.717, 1.165) is 63.3 Å². The molecule has 0 saturated carbocycles. The lowest BCUT2D eigenvalue weighted by atomic mass is 9.72. The fourth-order valence-corrected chi connectivity index (χ4v) is 5.68. The molecule has 0 aliphatic carbocycles. The normalized spacial score (nSPS) is 26.7. The third-order valence-electron chi connectivity index (χ3n) is 6.56. The Bertz CT molecular complexity index is 693. The lowest BCUT2D eigenvalue weighted by molar-refractivity contribution is -0.141. The highest BCUT2D eigenvalue weighted by atomic mass is 32.1. The van der Waals surface area contributed by atoms with E-state index in [0.29, 0.717) is 18.4 Å². The second kappa shape index (κ2) is 6.97. The number of hydrogen-bond acceptors (Lipinski definition) is 4. The van der Waals surface area contributed by atoms with Crippen LogP contribution in [0.2, 0.25) is 0 Å². The third kappa shape index (κ3) is 3.41. The molecule has 0 N–H and O–H groups in total. The maximum atomic E-state index is 12.7. The van der Waals surface area contributed by atoms with Gasteiger partial charge in [0.05, 0.1) is 4.88 Å². The zero-order valence-corrected chi connectivity index (χ0v) is 16.7. The largest absolute Gasteiger partial charge is 0.338 e. The summed E-state index contributed by atoms with van der Waals surface area (Å²) in [6.45, 7) is 6.67. The first-order chi connectivity index (χ1) is 12.5. The first-order valence-corrected chi connectivity index (χ1v) is 10.6. The van der Waals surface area contributed by atoms with E-state index in [2.05, 4.69) is 16.8 Å². The van der Waals surface area contributed by atoms with Crippen LogP contribution in [0.5, 0.6) is 0 Å². The summed E-state index contributed by atoms with van der Waals surface area (Å²) < 4.78 is 0. The zero-order valence-electron chi connectivity index (χ0n) is 15.9.